The molecular formula is C14H17FN2O2. The molecule has 19 heavy (non-hydrogen) atoms. The Hall–Kier alpha value is -1.91. The lowest BCUT2D eigenvalue weighted by atomic mass is 9.97. The number of rotatable bonds is 3. The van der Waals surface area contributed by atoms with Crippen LogP contribution in [0.1, 0.15) is 31.4 Å². The highest BCUT2D eigenvalue weighted by Crippen LogP contribution is 2.16. The summed E-state index contributed by atoms with van der Waals surface area (Å²) in [6.45, 7) is 2.19. The number of nitrogens with one attached hydrogen (secondary N) is 2. The van der Waals surface area contributed by atoms with Gasteiger partial charge in [0.15, 0.2) is 0 Å². The fourth-order valence-electron chi connectivity index (χ4n) is 2.15. The quantitative estimate of drug-likeness (QED) is 0.869. The number of halogens is 1. The van der Waals surface area contributed by atoms with E-state index in [0.29, 0.717) is 19.4 Å². The number of amides is 2. The molecule has 102 valence electrons. The topological polar surface area (TPSA) is 58.2 Å². The maximum absolute atomic E-state index is 13.1. The van der Waals surface area contributed by atoms with Gasteiger partial charge in [0, 0.05) is 13.0 Å². The average molecular weight is 264 g/mol. The Balaban J connectivity index is 1.93. The third kappa shape index (κ3) is 3.53. The van der Waals surface area contributed by atoms with Gasteiger partial charge in [0.05, 0.1) is 12.0 Å². The van der Waals surface area contributed by atoms with Gasteiger partial charge >= 0.3 is 0 Å². The first-order chi connectivity index (χ1) is 9.06. The first kappa shape index (κ1) is 13.5. The summed E-state index contributed by atoms with van der Waals surface area (Å²) in [7, 11) is 0. The monoisotopic (exact) mass is 264 g/mol. The lowest BCUT2D eigenvalue weighted by molar-refractivity contribution is -0.129. The Labute approximate surface area is 111 Å². The van der Waals surface area contributed by atoms with Crippen molar-refractivity contribution in [1.29, 1.82) is 0 Å². The van der Waals surface area contributed by atoms with Crippen molar-refractivity contribution in [2.45, 2.75) is 25.8 Å². The zero-order valence-electron chi connectivity index (χ0n) is 10.8. The minimum absolute atomic E-state index is 0.0118. The van der Waals surface area contributed by atoms with Crippen molar-refractivity contribution < 1.29 is 14.0 Å². The molecule has 2 unspecified atom stereocenters. The molecule has 1 aromatic carbocycles. The Bertz CT molecular complexity index is 480. The molecular weight excluding hydrogens is 247 g/mol. The van der Waals surface area contributed by atoms with Crippen LogP contribution in [-0.4, -0.2) is 18.4 Å². The van der Waals surface area contributed by atoms with Crippen molar-refractivity contribution >= 4 is 11.8 Å². The van der Waals surface area contributed by atoms with Gasteiger partial charge in [-0.25, -0.2) is 4.39 Å². The van der Waals surface area contributed by atoms with Crippen LogP contribution >= 0.6 is 0 Å². The third-order valence-corrected chi connectivity index (χ3v) is 3.34. The largest absolute Gasteiger partial charge is 0.355 e. The van der Waals surface area contributed by atoms with Gasteiger partial charge in [-0.1, -0.05) is 12.1 Å². The van der Waals surface area contributed by atoms with E-state index in [-0.39, 0.29) is 29.6 Å². The van der Waals surface area contributed by atoms with Crippen molar-refractivity contribution in [2.75, 3.05) is 6.54 Å². The molecule has 2 atom stereocenters. The predicted molar refractivity (Wildman–Crippen MR) is 68.7 cm³/mol. The minimum atomic E-state index is -0.316. The molecule has 4 nitrogen and oxygen atoms in total. The SMILES string of the molecule is CC(NC(=O)C1CCC(=O)NC1)c1cccc(F)c1. The van der Waals surface area contributed by atoms with Gasteiger partial charge in [-0.15, -0.1) is 0 Å². The Morgan fingerprint density at radius 1 is 1.53 bits per heavy atom. The van der Waals surface area contributed by atoms with E-state index < -0.39 is 0 Å². The Morgan fingerprint density at radius 3 is 2.95 bits per heavy atom. The van der Waals surface area contributed by atoms with Gasteiger partial charge in [-0.3, -0.25) is 9.59 Å². The molecule has 2 amide bonds. The molecule has 2 N–H and O–H groups in total. The fraction of sp³-hybridized carbons (Fsp3) is 0.429. The van der Waals surface area contributed by atoms with Crippen LogP contribution in [0.2, 0.25) is 0 Å². The molecule has 5 heteroatoms. The summed E-state index contributed by atoms with van der Waals surface area (Å²) >= 11 is 0. The molecule has 0 radical (unpaired) electrons. The van der Waals surface area contributed by atoms with E-state index in [1.54, 1.807) is 12.1 Å². The molecule has 0 bridgehead atoms. The molecule has 1 aliphatic rings. The maximum atomic E-state index is 13.1. The molecule has 1 fully saturated rings. The first-order valence-electron chi connectivity index (χ1n) is 6.39. The van der Waals surface area contributed by atoms with E-state index in [1.807, 2.05) is 6.92 Å². The zero-order chi connectivity index (χ0) is 13.8. The summed E-state index contributed by atoms with van der Waals surface area (Å²) in [6.07, 6.45) is 0.944. The van der Waals surface area contributed by atoms with Crippen molar-refractivity contribution in [1.82, 2.24) is 10.6 Å². The number of carbonyl (C=O) groups excluding carboxylic acids is 2. The molecule has 1 aliphatic heterocycles. The van der Waals surface area contributed by atoms with Crippen molar-refractivity contribution in [2.24, 2.45) is 5.92 Å². The highest BCUT2D eigenvalue weighted by atomic mass is 19.1. The van der Waals surface area contributed by atoms with E-state index in [0.717, 1.165) is 5.56 Å². The van der Waals surface area contributed by atoms with Crippen LogP contribution in [0.4, 0.5) is 4.39 Å². The second kappa shape index (κ2) is 5.82. The summed E-state index contributed by atoms with van der Waals surface area (Å²) in [5, 5.41) is 5.53. The number of hydrogen-bond acceptors (Lipinski definition) is 2. The molecule has 0 aliphatic carbocycles. The number of piperidine rings is 1. The summed E-state index contributed by atoms with van der Waals surface area (Å²) in [5.41, 5.74) is 0.730. The van der Waals surface area contributed by atoms with Gasteiger partial charge in [-0.2, -0.15) is 0 Å². The smallest absolute Gasteiger partial charge is 0.225 e. The first-order valence-corrected chi connectivity index (χ1v) is 6.39. The normalized spacial score (nSPS) is 20.5. The van der Waals surface area contributed by atoms with Crippen molar-refractivity contribution in [3.8, 4) is 0 Å². The number of benzene rings is 1. The zero-order valence-corrected chi connectivity index (χ0v) is 10.8. The van der Waals surface area contributed by atoms with Crippen LogP contribution in [0.25, 0.3) is 0 Å². The van der Waals surface area contributed by atoms with Gasteiger partial charge in [0.2, 0.25) is 11.8 Å². The molecule has 2 rings (SSSR count). The standard InChI is InChI=1S/C14H17FN2O2/c1-9(10-3-2-4-12(15)7-10)17-14(19)11-5-6-13(18)16-8-11/h2-4,7,9,11H,5-6,8H2,1H3,(H,16,18)(H,17,19). The lowest BCUT2D eigenvalue weighted by Crippen LogP contribution is -2.43. The number of hydrogen-bond donors (Lipinski definition) is 2. The van der Waals surface area contributed by atoms with Crippen LogP contribution in [0, 0.1) is 11.7 Å². The average Bonchev–Trinajstić information content (AvgIpc) is 2.39. The summed E-state index contributed by atoms with van der Waals surface area (Å²) < 4.78 is 13.1. The molecule has 0 spiro atoms. The molecule has 1 saturated heterocycles. The molecule has 1 heterocycles. The predicted octanol–water partition coefficient (Wildman–Crippen LogP) is 1.53. The molecule has 1 aromatic rings. The molecule has 0 saturated carbocycles. The fourth-order valence-corrected chi connectivity index (χ4v) is 2.15. The Morgan fingerprint density at radius 2 is 2.32 bits per heavy atom. The van der Waals surface area contributed by atoms with E-state index in [1.165, 1.54) is 12.1 Å². The van der Waals surface area contributed by atoms with E-state index in [4.69, 9.17) is 0 Å². The highest BCUT2D eigenvalue weighted by molar-refractivity contribution is 5.83. The number of carbonyl (C=O) groups is 2. The van der Waals surface area contributed by atoms with Gasteiger partial charge in [0.1, 0.15) is 5.82 Å². The van der Waals surface area contributed by atoms with Gasteiger partial charge in [-0.05, 0) is 31.0 Å². The van der Waals surface area contributed by atoms with Crippen LogP contribution in [0.3, 0.4) is 0 Å². The van der Waals surface area contributed by atoms with E-state index in [2.05, 4.69) is 10.6 Å². The summed E-state index contributed by atoms with van der Waals surface area (Å²) in [5.74, 6) is -0.628. The third-order valence-electron chi connectivity index (χ3n) is 3.34. The van der Waals surface area contributed by atoms with E-state index in [9.17, 15) is 14.0 Å². The van der Waals surface area contributed by atoms with Crippen molar-refractivity contribution in [3.05, 3.63) is 35.6 Å². The molecule has 0 aromatic heterocycles. The Kier molecular flexibility index (Phi) is 4.14. The van der Waals surface area contributed by atoms with Gasteiger partial charge in [0.25, 0.3) is 0 Å². The highest BCUT2D eigenvalue weighted by Gasteiger charge is 2.25. The van der Waals surface area contributed by atoms with Gasteiger partial charge < -0.3 is 10.6 Å². The van der Waals surface area contributed by atoms with Crippen molar-refractivity contribution in [3.63, 3.8) is 0 Å². The van der Waals surface area contributed by atoms with Crippen LogP contribution in [0.5, 0.6) is 0 Å². The summed E-state index contributed by atoms with van der Waals surface area (Å²) in [4.78, 5) is 23.0. The van der Waals surface area contributed by atoms with Crippen LogP contribution in [0.15, 0.2) is 24.3 Å². The lowest BCUT2D eigenvalue weighted by Gasteiger charge is -2.24. The van der Waals surface area contributed by atoms with E-state index >= 15 is 0 Å². The van der Waals surface area contributed by atoms with Crippen LogP contribution < -0.4 is 10.6 Å². The summed E-state index contributed by atoms with van der Waals surface area (Å²) in [6, 6.07) is 5.92. The second-order valence-electron chi connectivity index (χ2n) is 4.82. The second-order valence-corrected chi connectivity index (χ2v) is 4.82. The minimum Gasteiger partial charge on any atom is -0.355 e. The van der Waals surface area contributed by atoms with Crippen LogP contribution in [-0.2, 0) is 9.59 Å². The maximum Gasteiger partial charge on any atom is 0.225 e.